The predicted molar refractivity (Wildman–Crippen MR) is 61.9 cm³/mol. The number of carboxylic acid groups (broad SMARTS) is 1. The molecule has 0 rings (SSSR count). The van der Waals surface area contributed by atoms with Crippen molar-refractivity contribution in [2.45, 2.75) is 45.7 Å². The van der Waals surface area contributed by atoms with Crippen molar-refractivity contribution in [1.29, 1.82) is 0 Å². The monoisotopic (exact) mass is 219 g/mol. The van der Waals surface area contributed by atoms with Crippen LogP contribution in [0, 0.1) is 0 Å². The predicted octanol–water partition coefficient (Wildman–Crippen LogP) is 1.97. The van der Waals surface area contributed by atoms with Crippen LogP contribution in [0.25, 0.3) is 0 Å². The van der Waals surface area contributed by atoms with Crippen LogP contribution in [0.3, 0.4) is 0 Å². The summed E-state index contributed by atoms with van der Waals surface area (Å²) in [6, 6.07) is 0.752. The van der Waals surface area contributed by atoms with E-state index in [0.717, 1.165) is 11.5 Å². The van der Waals surface area contributed by atoms with Gasteiger partial charge in [-0.1, -0.05) is 6.92 Å². The summed E-state index contributed by atoms with van der Waals surface area (Å²) in [7, 11) is 0. The Kier molecular flexibility index (Phi) is 7.99. The molecule has 0 aromatic rings. The SMILES string of the molecule is CCSCC(C)NC(C)CCC(=O)O. The van der Waals surface area contributed by atoms with Gasteiger partial charge in [0.15, 0.2) is 0 Å². The Morgan fingerprint density at radius 3 is 2.57 bits per heavy atom. The van der Waals surface area contributed by atoms with Crippen molar-refractivity contribution in [3.63, 3.8) is 0 Å². The zero-order valence-electron chi connectivity index (χ0n) is 9.25. The molecule has 2 atom stereocenters. The maximum atomic E-state index is 10.3. The minimum absolute atomic E-state index is 0.252. The summed E-state index contributed by atoms with van der Waals surface area (Å²) in [5, 5.41) is 11.9. The summed E-state index contributed by atoms with van der Waals surface area (Å²) in [6.45, 7) is 6.32. The first kappa shape index (κ1) is 13.8. The third-order valence-electron chi connectivity index (χ3n) is 1.93. The highest BCUT2D eigenvalue weighted by atomic mass is 32.2. The van der Waals surface area contributed by atoms with Gasteiger partial charge in [-0.15, -0.1) is 0 Å². The lowest BCUT2D eigenvalue weighted by Crippen LogP contribution is -2.36. The molecule has 2 unspecified atom stereocenters. The third-order valence-corrected chi connectivity index (χ3v) is 3.08. The number of aliphatic carboxylic acids is 1. The molecule has 0 fully saturated rings. The maximum absolute atomic E-state index is 10.3. The molecule has 0 aromatic heterocycles. The fourth-order valence-electron chi connectivity index (χ4n) is 1.25. The highest BCUT2D eigenvalue weighted by Gasteiger charge is 2.08. The largest absolute Gasteiger partial charge is 0.481 e. The maximum Gasteiger partial charge on any atom is 0.303 e. The Balaban J connectivity index is 3.49. The number of carbonyl (C=O) groups is 1. The number of nitrogens with one attached hydrogen (secondary N) is 1. The Hall–Kier alpha value is -0.220. The average Bonchev–Trinajstić information content (AvgIpc) is 2.11. The molecule has 84 valence electrons. The number of rotatable bonds is 8. The summed E-state index contributed by atoms with van der Waals surface area (Å²) < 4.78 is 0. The topological polar surface area (TPSA) is 49.3 Å². The molecule has 3 nitrogen and oxygen atoms in total. The summed E-state index contributed by atoms with van der Waals surface area (Å²) >= 11 is 1.90. The molecule has 0 radical (unpaired) electrons. The quantitative estimate of drug-likeness (QED) is 0.655. The van der Waals surface area contributed by atoms with Crippen LogP contribution in [0.15, 0.2) is 0 Å². The summed E-state index contributed by atoms with van der Waals surface area (Å²) in [5.74, 6) is 1.51. The molecule has 4 heteroatoms. The van der Waals surface area contributed by atoms with E-state index in [1.807, 2.05) is 18.7 Å². The number of carboxylic acids is 1. The number of thioether (sulfide) groups is 1. The second kappa shape index (κ2) is 8.12. The van der Waals surface area contributed by atoms with E-state index in [0.29, 0.717) is 18.5 Å². The fourth-order valence-corrected chi connectivity index (χ4v) is 1.94. The van der Waals surface area contributed by atoms with Gasteiger partial charge in [-0.3, -0.25) is 4.79 Å². The van der Waals surface area contributed by atoms with Crippen LogP contribution in [0.5, 0.6) is 0 Å². The van der Waals surface area contributed by atoms with E-state index < -0.39 is 5.97 Å². The third kappa shape index (κ3) is 8.38. The van der Waals surface area contributed by atoms with Crippen molar-refractivity contribution >= 4 is 17.7 Å². The molecule has 2 N–H and O–H groups in total. The van der Waals surface area contributed by atoms with Crippen LogP contribution in [0.2, 0.25) is 0 Å². The van der Waals surface area contributed by atoms with Crippen LogP contribution in [0.1, 0.15) is 33.6 Å². The van der Waals surface area contributed by atoms with E-state index in [4.69, 9.17) is 5.11 Å². The molecule has 0 aliphatic carbocycles. The van der Waals surface area contributed by atoms with E-state index >= 15 is 0 Å². The first-order valence-electron chi connectivity index (χ1n) is 5.11. The van der Waals surface area contributed by atoms with Gasteiger partial charge in [-0.05, 0) is 26.0 Å². The van der Waals surface area contributed by atoms with Gasteiger partial charge in [0.1, 0.15) is 0 Å². The number of hydrogen-bond acceptors (Lipinski definition) is 3. The standard InChI is InChI=1S/C10H21NO2S/c1-4-14-7-9(3)11-8(2)5-6-10(12)13/h8-9,11H,4-7H2,1-3H3,(H,12,13). The summed E-state index contributed by atoms with van der Waals surface area (Å²) in [5.41, 5.74) is 0. The average molecular weight is 219 g/mol. The van der Waals surface area contributed by atoms with Crippen molar-refractivity contribution in [2.24, 2.45) is 0 Å². The molecule has 0 aromatic carbocycles. The van der Waals surface area contributed by atoms with Crippen LogP contribution in [-0.4, -0.2) is 34.7 Å². The lowest BCUT2D eigenvalue weighted by Gasteiger charge is -2.18. The molecular formula is C10H21NO2S. The van der Waals surface area contributed by atoms with Gasteiger partial charge in [-0.25, -0.2) is 0 Å². The first-order valence-corrected chi connectivity index (χ1v) is 6.27. The molecule has 0 aliphatic rings. The Morgan fingerprint density at radius 1 is 1.43 bits per heavy atom. The van der Waals surface area contributed by atoms with Gasteiger partial charge >= 0.3 is 5.97 Å². The molecule has 0 aliphatic heterocycles. The van der Waals surface area contributed by atoms with Gasteiger partial charge in [-0.2, -0.15) is 11.8 Å². The smallest absolute Gasteiger partial charge is 0.303 e. The second-order valence-electron chi connectivity index (χ2n) is 3.56. The lowest BCUT2D eigenvalue weighted by molar-refractivity contribution is -0.137. The van der Waals surface area contributed by atoms with E-state index in [1.165, 1.54) is 0 Å². The zero-order chi connectivity index (χ0) is 11.0. The van der Waals surface area contributed by atoms with Crippen molar-refractivity contribution in [1.82, 2.24) is 5.32 Å². The molecule has 0 amide bonds. The molecule has 0 spiro atoms. The molecular weight excluding hydrogens is 198 g/mol. The normalized spacial score (nSPS) is 15.1. The van der Waals surface area contributed by atoms with E-state index in [2.05, 4.69) is 19.2 Å². The minimum atomic E-state index is -0.714. The highest BCUT2D eigenvalue weighted by molar-refractivity contribution is 7.99. The van der Waals surface area contributed by atoms with E-state index in [1.54, 1.807) is 0 Å². The fraction of sp³-hybridized carbons (Fsp3) is 0.900. The van der Waals surface area contributed by atoms with Crippen LogP contribution in [-0.2, 0) is 4.79 Å². The Labute approximate surface area is 90.7 Å². The molecule has 0 saturated heterocycles. The van der Waals surface area contributed by atoms with Crippen LogP contribution < -0.4 is 5.32 Å². The van der Waals surface area contributed by atoms with Crippen molar-refractivity contribution in [3.8, 4) is 0 Å². The van der Waals surface area contributed by atoms with Crippen molar-refractivity contribution in [2.75, 3.05) is 11.5 Å². The zero-order valence-corrected chi connectivity index (χ0v) is 10.1. The molecule has 0 heterocycles. The molecule has 0 saturated carbocycles. The van der Waals surface area contributed by atoms with Crippen LogP contribution >= 0.6 is 11.8 Å². The lowest BCUT2D eigenvalue weighted by atomic mass is 10.1. The van der Waals surface area contributed by atoms with Crippen molar-refractivity contribution < 1.29 is 9.90 Å². The minimum Gasteiger partial charge on any atom is -0.481 e. The first-order chi connectivity index (χ1) is 6.56. The summed E-state index contributed by atoms with van der Waals surface area (Å²) in [4.78, 5) is 10.3. The van der Waals surface area contributed by atoms with Crippen LogP contribution in [0.4, 0.5) is 0 Å². The van der Waals surface area contributed by atoms with E-state index in [9.17, 15) is 4.79 Å². The Bertz CT molecular complexity index is 164. The summed E-state index contributed by atoms with van der Waals surface area (Å²) in [6.07, 6.45) is 0.957. The van der Waals surface area contributed by atoms with Gasteiger partial charge in [0.25, 0.3) is 0 Å². The second-order valence-corrected chi connectivity index (χ2v) is 4.88. The van der Waals surface area contributed by atoms with E-state index in [-0.39, 0.29) is 6.42 Å². The van der Waals surface area contributed by atoms with Gasteiger partial charge in [0.2, 0.25) is 0 Å². The van der Waals surface area contributed by atoms with Crippen molar-refractivity contribution in [3.05, 3.63) is 0 Å². The van der Waals surface area contributed by atoms with Gasteiger partial charge < -0.3 is 10.4 Å². The molecule has 14 heavy (non-hydrogen) atoms. The molecule has 0 bridgehead atoms. The van der Waals surface area contributed by atoms with Gasteiger partial charge in [0, 0.05) is 24.3 Å². The number of hydrogen-bond donors (Lipinski definition) is 2. The Morgan fingerprint density at radius 2 is 2.07 bits per heavy atom. The highest BCUT2D eigenvalue weighted by Crippen LogP contribution is 2.04. The van der Waals surface area contributed by atoms with Gasteiger partial charge in [0.05, 0.1) is 0 Å².